The molecule has 0 spiro atoms. The van der Waals surface area contributed by atoms with E-state index in [1.165, 1.54) is 23.5 Å². The molecule has 41 heavy (non-hydrogen) atoms. The van der Waals surface area contributed by atoms with Crippen LogP contribution < -0.4 is 9.80 Å². The number of urea groups is 1. The van der Waals surface area contributed by atoms with E-state index < -0.39 is 6.10 Å². The predicted octanol–water partition coefficient (Wildman–Crippen LogP) is 3.59. The number of nitrogens with zero attached hydrogens (tertiary/aromatic N) is 9. The summed E-state index contributed by atoms with van der Waals surface area (Å²) >= 11 is 1.29. The van der Waals surface area contributed by atoms with Crippen molar-refractivity contribution in [2.75, 3.05) is 56.1 Å². The zero-order valence-electron chi connectivity index (χ0n) is 22.4. The standard InChI is InChI=1S/C28H28FN9O2S/c1-34(27-32-24(23(13-30)41-27)17-2-4-18(29)5-3-17)26-22-12-20(14-31-25(22)33-38(26)19-6-7-19)35-8-10-36(11-9-35)28(40)37-15-21(39)16-37/h2-5,12,14,19,21,39H,6-11,15-16H2,1H3. The Labute approximate surface area is 239 Å². The van der Waals surface area contributed by atoms with Crippen LogP contribution in [0.3, 0.4) is 0 Å². The Hall–Kier alpha value is -4.28. The van der Waals surface area contributed by atoms with Gasteiger partial charge in [0.15, 0.2) is 10.8 Å². The van der Waals surface area contributed by atoms with Crippen molar-refractivity contribution in [1.29, 1.82) is 5.26 Å². The van der Waals surface area contributed by atoms with Gasteiger partial charge < -0.3 is 24.7 Å². The third-order valence-electron chi connectivity index (χ3n) is 7.89. The summed E-state index contributed by atoms with van der Waals surface area (Å²) < 4.78 is 15.5. The van der Waals surface area contributed by atoms with Crippen molar-refractivity contribution in [2.45, 2.75) is 25.0 Å². The molecule has 1 saturated carbocycles. The van der Waals surface area contributed by atoms with Crippen LogP contribution >= 0.6 is 11.3 Å². The van der Waals surface area contributed by atoms with Crippen molar-refractivity contribution in [3.05, 3.63) is 47.2 Å². The fourth-order valence-corrected chi connectivity index (χ4v) is 6.28. The highest BCUT2D eigenvalue weighted by atomic mass is 32.1. The number of benzene rings is 1. The molecule has 3 fully saturated rings. The number of hydrogen-bond acceptors (Lipinski definition) is 9. The number of β-amino-alcohol motifs (C(OH)–C–C–N with tert-alkyl or cyclic N) is 1. The van der Waals surface area contributed by atoms with E-state index in [1.54, 1.807) is 17.0 Å². The number of carbonyl (C=O) groups is 1. The number of halogens is 1. The summed E-state index contributed by atoms with van der Waals surface area (Å²) in [5.41, 5.74) is 2.81. The second-order valence-corrected chi connectivity index (χ2v) is 11.7. The van der Waals surface area contributed by atoms with Crippen LogP contribution in [0.15, 0.2) is 36.5 Å². The Morgan fingerprint density at radius 3 is 2.54 bits per heavy atom. The number of thiazole rings is 1. The minimum Gasteiger partial charge on any atom is -0.389 e. The number of hydrogen-bond donors (Lipinski definition) is 1. The van der Waals surface area contributed by atoms with E-state index in [9.17, 15) is 19.6 Å². The van der Waals surface area contributed by atoms with Crippen molar-refractivity contribution >= 4 is 45.0 Å². The van der Waals surface area contributed by atoms with Gasteiger partial charge >= 0.3 is 6.03 Å². The number of aromatic nitrogens is 4. The van der Waals surface area contributed by atoms with Gasteiger partial charge in [-0.15, -0.1) is 0 Å². The minimum absolute atomic E-state index is 0.0154. The Morgan fingerprint density at radius 1 is 1.15 bits per heavy atom. The largest absolute Gasteiger partial charge is 0.389 e. The third-order valence-corrected chi connectivity index (χ3v) is 8.93. The number of likely N-dealkylation sites (tertiary alicyclic amines) is 1. The molecule has 2 amide bonds. The van der Waals surface area contributed by atoms with Gasteiger partial charge in [0.25, 0.3) is 0 Å². The minimum atomic E-state index is -0.410. The Kier molecular flexibility index (Phi) is 6.24. The molecule has 5 heterocycles. The molecule has 2 aliphatic heterocycles. The first kappa shape index (κ1) is 25.7. The molecule has 7 rings (SSSR count). The van der Waals surface area contributed by atoms with E-state index in [-0.39, 0.29) is 17.9 Å². The quantitative estimate of drug-likeness (QED) is 0.385. The summed E-state index contributed by atoms with van der Waals surface area (Å²) in [7, 11) is 1.92. The van der Waals surface area contributed by atoms with E-state index in [2.05, 4.69) is 17.0 Å². The molecule has 210 valence electrons. The fourth-order valence-electron chi connectivity index (χ4n) is 5.43. The number of aliphatic hydroxyl groups is 1. The predicted molar refractivity (Wildman–Crippen MR) is 153 cm³/mol. The van der Waals surface area contributed by atoms with Gasteiger partial charge in [-0.2, -0.15) is 10.4 Å². The SMILES string of the molecule is CN(c1nc(-c2ccc(F)cc2)c(C#N)s1)c1c2cc(N3CCN(C(=O)N4CC(O)C4)CC3)cnc2nn1C1CC1. The average Bonchev–Trinajstić information content (AvgIpc) is 3.62. The molecular formula is C28H28FN9O2S. The number of pyridine rings is 1. The fraction of sp³-hybridized carbons (Fsp3) is 0.393. The molecule has 0 radical (unpaired) electrons. The smallest absolute Gasteiger partial charge is 0.320 e. The van der Waals surface area contributed by atoms with Gasteiger partial charge in [-0.3, -0.25) is 0 Å². The number of carbonyl (C=O) groups excluding carboxylic acids is 1. The maximum atomic E-state index is 13.5. The molecule has 13 heteroatoms. The van der Waals surface area contributed by atoms with Gasteiger partial charge in [-0.1, -0.05) is 11.3 Å². The summed E-state index contributed by atoms with van der Waals surface area (Å²) in [6, 6.07) is 10.6. The lowest BCUT2D eigenvalue weighted by molar-refractivity contribution is 0.0145. The maximum absolute atomic E-state index is 13.5. The van der Waals surface area contributed by atoms with E-state index in [0.29, 0.717) is 66.2 Å². The molecule has 1 aliphatic carbocycles. The second kappa shape index (κ2) is 9.97. The second-order valence-electron chi connectivity index (χ2n) is 10.7. The average molecular weight is 574 g/mol. The highest BCUT2D eigenvalue weighted by Crippen LogP contribution is 2.44. The number of anilines is 3. The Bertz CT molecular complexity index is 1660. The zero-order valence-corrected chi connectivity index (χ0v) is 23.3. The summed E-state index contributed by atoms with van der Waals surface area (Å²) in [4.78, 5) is 30.4. The van der Waals surface area contributed by atoms with Crippen LogP contribution in [0, 0.1) is 17.1 Å². The summed E-state index contributed by atoms with van der Waals surface area (Å²) in [5.74, 6) is 0.526. The topological polar surface area (TPSA) is 118 Å². The number of fused-ring (bicyclic) bond motifs is 1. The summed E-state index contributed by atoms with van der Waals surface area (Å²) in [5, 5.41) is 25.7. The molecule has 0 bridgehead atoms. The number of aliphatic hydroxyl groups excluding tert-OH is 1. The van der Waals surface area contributed by atoms with Gasteiger partial charge in [-0.25, -0.2) is 23.8 Å². The number of nitriles is 1. The lowest BCUT2D eigenvalue weighted by Crippen LogP contribution is -2.60. The molecule has 4 aromatic rings. The first-order chi connectivity index (χ1) is 19.9. The van der Waals surface area contributed by atoms with Crippen LogP contribution in [-0.2, 0) is 0 Å². The molecular weight excluding hydrogens is 545 g/mol. The maximum Gasteiger partial charge on any atom is 0.320 e. The Morgan fingerprint density at radius 2 is 1.88 bits per heavy atom. The van der Waals surface area contributed by atoms with E-state index >= 15 is 0 Å². The van der Waals surface area contributed by atoms with Gasteiger partial charge in [0.1, 0.15) is 28.3 Å². The van der Waals surface area contributed by atoms with Crippen LogP contribution in [0.5, 0.6) is 0 Å². The van der Waals surface area contributed by atoms with Crippen LogP contribution in [-0.4, -0.2) is 93.1 Å². The molecule has 3 aliphatic rings. The van der Waals surface area contributed by atoms with Crippen molar-refractivity contribution in [1.82, 2.24) is 29.5 Å². The van der Waals surface area contributed by atoms with Crippen LogP contribution in [0.2, 0.25) is 0 Å². The number of amides is 2. The normalized spacial score (nSPS) is 17.6. The zero-order chi connectivity index (χ0) is 28.2. The van der Waals surface area contributed by atoms with Crippen molar-refractivity contribution in [2.24, 2.45) is 0 Å². The molecule has 2 saturated heterocycles. The lowest BCUT2D eigenvalue weighted by atomic mass is 10.1. The van der Waals surface area contributed by atoms with E-state index in [4.69, 9.17) is 15.1 Å². The van der Waals surface area contributed by atoms with E-state index in [1.807, 2.05) is 27.7 Å². The van der Waals surface area contributed by atoms with Crippen LogP contribution in [0.4, 0.5) is 25.8 Å². The van der Waals surface area contributed by atoms with Gasteiger partial charge in [0.05, 0.1) is 42.5 Å². The molecule has 1 N–H and O–H groups in total. The molecule has 3 aromatic heterocycles. The van der Waals surface area contributed by atoms with E-state index in [0.717, 1.165) is 29.7 Å². The Balaban J connectivity index is 1.18. The first-order valence-electron chi connectivity index (χ1n) is 13.7. The third kappa shape index (κ3) is 4.62. The highest BCUT2D eigenvalue weighted by molar-refractivity contribution is 7.16. The number of rotatable bonds is 5. The van der Waals surface area contributed by atoms with Crippen molar-refractivity contribution in [3.63, 3.8) is 0 Å². The van der Waals surface area contributed by atoms with Crippen LogP contribution in [0.1, 0.15) is 23.8 Å². The number of piperazine rings is 1. The lowest BCUT2D eigenvalue weighted by Gasteiger charge is -2.42. The highest BCUT2D eigenvalue weighted by Gasteiger charge is 2.34. The summed E-state index contributed by atoms with van der Waals surface area (Å²) in [6.45, 7) is 3.36. The van der Waals surface area contributed by atoms with Crippen molar-refractivity contribution in [3.8, 4) is 17.3 Å². The molecule has 0 unspecified atom stereocenters. The van der Waals surface area contributed by atoms with Crippen LogP contribution in [0.25, 0.3) is 22.3 Å². The monoisotopic (exact) mass is 573 g/mol. The molecule has 11 nitrogen and oxygen atoms in total. The van der Waals surface area contributed by atoms with Crippen molar-refractivity contribution < 1.29 is 14.3 Å². The molecule has 1 aromatic carbocycles. The molecule has 0 atom stereocenters. The first-order valence-corrected chi connectivity index (χ1v) is 14.5. The van der Waals surface area contributed by atoms with Gasteiger partial charge in [0, 0.05) is 38.8 Å². The summed E-state index contributed by atoms with van der Waals surface area (Å²) in [6.07, 6.45) is 3.50. The van der Waals surface area contributed by atoms with Gasteiger partial charge in [0.2, 0.25) is 0 Å². The van der Waals surface area contributed by atoms with Gasteiger partial charge in [-0.05, 0) is 43.2 Å².